The first-order valence-electron chi connectivity index (χ1n) is 7.74. The van der Waals surface area contributed by atoms with Crippen molar-refractivity contribution in [1.82, 2.24) is 0 Å². The van der Waals surface area contributed by atoms with Crippen LogP contribution in [0.1, 0.15) is 33.3 Å². The van der Waals surface area contributed by atoms with E-state index < -0.39 is 0 Å². The number of ether oxygens (including phenoxy) is 1. The Morgan fingerprint density at radius 1 is 0.909 bits per heavy atom. The maximum atomic E-state index is 6.02. The zero-order valence-corrected chi connectivity index (χ0v) is 13.8. The van der Waals surface area contributed by atoms with Crippen LogP contribution in [-0.2, 0) is 0 Å². The van der Waals surface area contributed by atoms with Crippen LogP contribution < -0.4 is 9.64 Å². The minimum Gasteiger partial charge on any atom is -0.473 e. The summed E-state index contributed by atoms with van der Waals surface area (Å²) in [4.78, 5) is 2.34. The molecule has 0 unspecified atom stereocenters. The standard InChI is InChI=1S/C20H23NO/c1-15-16(2)20(3,4)21(19-13-9-8-12-18(15)19)14-22-17-10-6-5-7-11-17/h5-13H,14H2,1-4H3. The Labute approximate surface area is 133 Å². The Hall–Kier alpha value is -2.22. The fourth-order valence-corrected chi connectivity index (χ4v) is 3.08. The number of benzene rings is 2. The molecule has 0 saturated carbocycles. The van der Waals surface area contributed by atoms with Crippen molar-refractivity contribution < 1.29 is 4.74 Å². The Bertz CT molecular complexity index is 701. The number of fused-ring (bicyclic) bond motifs is 1. The van der Waals surface area contributed by atoms with Gasteiger partial charge in [0, 0.05) is 11.3 Å². The molecule has 1 aliphatic rings. The molecule has 1 heterocycles. The largest absolute Gasteiger partial charge is 0.473 e. The monoisotopic (exact) mass is 293 g/mol. The molecule has 0 atom stereocenters. The fraction of sp³-hybridized carbons (Fsp3) is 0.300. The van der Waals surface area contributed by atoms with E-state index in [2.05, 4.69) is 56.9 Å². The maximum absolute atomic E-state index is 6.02. The summed E-state index contributed by atoms with van der Waals surface area (Å²) < 4.78 is 6.02. The zero-order chi connectivity index (χ0) is 15.7. The summed E-state index contributed by atoms with van der Waals surface area (Å²) in [5, 5.41) is 0. The van der Waals surface area contributed by atoms with Crippen LogP contribution in [0, 0.1) is 0 Å². The topological polar surface area (TPSA) is 12.5 Å². The molecule has 2 heteroatoms. The van der Waals surface area contributed by atoms with Crippen molar-refractivity contribution in [1.29, 1.82) is 0 Å². The van der Waals surface area contributed by atoms with E-state index in [4.69, 9.17) is 4.74 Å². The normalized spacial score (nSPS) is 16.5. The zero-order valence-electron chi connectivity index (χ0n) is 13.8. The summed E-state index contributed by atoms with van der Waals surface area (Å²) in [6, 6.07) is 18.6. The second kappa shape index (κ2) is 5.53. The van der Waals surface area contributed by atoms with Crippen LogP contribution in [0.25, 0.3) is 5.57 Å². The molecule has 0 saturated heterocycles. The smallest absolute Gasteiger partial charge is 0.162 e. The summed E-state index contributed by atoms with van der Waals surface area (Å²) in [5.74, 6) is 0.903. The molecule has 2 aromatic rings. The van der Waals surface area contributed by atoms with E-state index >= 15 is 0 Å². The maximum Gasteiger partial charge on any atom is 0.162 e. The summed E-state index contributed by atoms with van der Waals surface area (Å²) >= 11 is 0. The Kier molecular flexibility index (Phi) is 3.69. The van der Waals surface area contributed by atoms with Crippen LogP contribution in [0.4, 0.5) is 5.69 Å². The molecule has 0 amide bonds. The number of anilines is 1. The van der Waals surface area contributed by atoms with E-state index in [1.165, 1.54) is 22.4 Å². The lowest BCUT2D eigenvalue weighted by molar-refractivity contribution is 0.284. The lowest BCUT2D eigenvalue weighted by atomic mass is 9.82. The summed E-state index contributed by atoms with van der Waals surface area (Å²) in [6.07, 6.45) is 0. The highest BCUT2D eigenvalue weighted by atomic mass is 16.5. The third-order valence-corrected chi connectivity index (χ3v) is 4.86. The van der Waals surface area contributed by atoms with Gasteiger partial charge in [0.2, 0.25) is 0 Å². The third kappa shape index (κ3) is 2.39. The molecule has 0 fully saturated rings. The second-order valence-corrected chi connectivity index (χ2v) is 6.34. The molecule has 1 aliphatic heterocycles. The molecule has 3 rings (SSSR count). The highest BCUT2D eigenvalue weighted by Crippen LogP contribution is 2.42. The molecule has 0 N–H and O–H groups in total. The minimum absolute atomic E-state index is 0.0623. The van der Waals surface area contributed by atoms with Crippen LogP contribution in [0.3, 0.4) is 0 Å². The van der Waals surface area contributed by atoms with Crippen molar-refractivity contribution >= 4 is 11.3 Å². The van der Waals surface area contributed by atoms with E-state index in [9.17, 15) is 0 Å². The quantitative estimate of drug-likeness (QED) is 0.779. The van der Waals surface area contributed by atoms with Crippen LogP contribution in [0.5, 0.6) is 5.75 Å². The highest BCUT2D eigenvalue weighted by Gasteiger charge is 2.35. The number of rotatable bonds is 3. The van der Waals surface area contributed by atoms with Crippen molar-refractivity contribution in [2.45, 2.75) is 33.2 Å². The fourth-order valence-electron chi connectivity index (χ4n) is 3.08. The number of hydrogen-bond acceptors (Lipinski definition) is 2. The van der Waals surface area contributed by atoms with E-state index in [-0.39, 0.29) is 5.54 Å². The average Bonchev–Trinajstić information content (AvgIpc) is 2.54. The van der Waals surface area contributed by atoms with Crippen LogP contribution in [-0.4, -0.2) is 12.3 Å². The predicted octanol–water partition coefficient (Wildman–Crippen LogP) is 5.12. The first-order valence-corrected chi connectivity index (χ1v) is 7.74. The lowest BCUT2D eigenvalue weighted by Gasteiger charge is -2.46. The number of hydrogen-bond donors (Lipinski definition) is 0. The SMILES string of the molecule is CC1=C(C)C(C)(C)N(COc2ccccc2)c2ccccc21. The molecule has 0 spiro atoms. The van der Waals surface area contributed by atoms with Crippen molar-refractivity contribution in [3.05, 3.63) is 65.7 Å². The number of nitrogens with zero attached hydrogens (tertiary/aromatic N) is 1. The van der Waals surface area contributed by atoms with Gasteiger partial charge in [0.15, 0.2) is 6.73 Å². The second-order valence-electron chi connectivity index (χ2n) is 6.34. The third-order valence-electron chi connectivity index (χ3n) is 4.86. The Morgan fingerprint density at radius 3 is 2.27 bits per heavy atom. The van der Waals surface area contributed by atoms with Gasteiger partial charge in [-0.25, -0.2) is 0 Å². The van der Waals surface area contributed by atoms with Crippen molar-refractivity contribution in [2.75, 3.05) is 11.6 Å². The van der Waals surface area contributed by atoms with Crippen molar-refractivity contribution in [2.24, 2.45) is 0 Å². The number of allylic oxidation sites excluding steroid dienone is 1. The van der Waals surface area contributed by atoms with Crippen molar-refractivity contribution in [3.8, 4) is 5.75 Å². The van der Waals surface area contributed by atoms with Gasteiger partial charge in [-0.3, -0.25) is 0 Å². The molecule has 0 aliphatic carbocycles. The molecular weight excluding hydrogens is 270 g/mol. The summed E-state index contributed by atoms with van der Waals surface area (Å²) in [6.45, 7) is 9.50. The van der Waals surface area contributed by atoms with Gasteiger partial charge in [-0.15, -0.1) is 0 Å². The van der Waals surface area contributed by atoms with Crippen LogP contribution in [0.2, 0.25) is 0 Å². The van der Waals surface area contributed by atoms with Gasteiger partial charge in [-0.05, 0) is 57.0 Å². The Morgan fingerprint density at radius 2 is 1.55 bits per heavy atom. The minimum atomic E-state index is -0.0623. The van der Waals surface area contributed by atoms with Gasteiger partial charge >= 0.3 is 0 Å². The Balaban J connectivity index is 1.96. The molecule has 0 aromatic heterocycles. The highest BCUT2D eigenvalue weighted by molar-refractivity contribution is 5.83. The first kappa shape index (κ1) is 14.7. The summed E-state index contributed by atoms with van der Waals surface area (Å²) in [5.41, 5.74) is 5.25. The van der Waals surface area contributed by atoms with E-state index in [0.717, 1.165) is 5.75 Å². The van der Waals surface area contributed by atoms with Crippen molar-refractivity contribution in [3.63, 3.8) is 0 Å². The molecule has 2 nitrogen and oxygen atoms in total. The van der Waals surface area contributed by atoms with Gasteiger partial charge < -0.3 is 9.64 Å². The molecule has 22 heavy (non-hydrogen) atoms. The van der Waals surface area contributed by atoms with Gasteiger partial charge in [-0.1, -0.05) is 36.4 Å². The number of para-hydroxylation sites is 2. The van der Waals surface area contributed by atoms with E-state index in [1.807, 2.05) is 30.3 Å². The average molecular weight is 293 g/mol. The molecule has 0 radical (unpaired) electrons. The summed E-state index contributed by atoms with van der Waals surface area (Å²) in [7, 11) is 0. The molecule has 2 aromatic carbocycles. The van der Waals surface area contributed by atoms with Gasteiger partial charge in [0.25, 0.3) is 0 Å². The van der Waals surface area contributed by atoms with Gasteiger partial charge in [-0.2, -0.15) is 0 Å². The predicted molar refractivity (Wildman–Crippen MR) is 93.2 cm³/mol. The van der Waals surface area contributed by atoms with E-state index in [0.29, 0.717) is 6.73 Å². The molecule has 114 valence electrons. The van der Waals surface area contributed by atoms with E-state index in [1.54, 1.807) is 0 Å². The van der Waals surface area contributed by atoms with Gasteiger partial charge in [0.1, 0.15) is 5.75 Å². The first-order chi connectivity index (χ1) is 10.5. The molecule has 0 bridgehead atoms. The van der Waals surface area contributed by atoms with Crippen LogP contribution >= 0.6 is 0 Å². The molecular formula is C20H23NO. The van der Waals surface area contributed by atoms with Crippen LogP contribution in [0.15, 0.2) is 60.2 Å². The van der Waals surface area contributed by atoms with Gasteiger partial charge in [0.05, 0.1) is 5.54 Å². The lowest BCUT2D eigenvalue weighted by Crippen LogP contribution is -2.49.